The molecule has 6 heteroatoms. The second kappa shape index (κ2) is 4.96. The number of nitrogens with two attached hydrogens (primary N) is 1. The van der Waals surface area contributed by atoms with Crippen molar-refractivity contribution in [3.63, 3.8) is 0 Å². The zero-order chi connectivity index (χ0) is 14.1. The monoisotopic (exact) mass is 274 g/mol. The smallest absolute Gasteiger partial charge is 0.205 e. The maximum absolute atomic E-state index is 6.24. The molecule has 1 aliphatic heterocycles. The van der Waals surface area contributed by atoms with Gasteiger partial charge in [0.1, 0.15) is 23.0 Å². The summed E-state index contributed by atoms with van der Waals surface area (Å²) in [5.41, 5.74) is 7.80. The van der Waals surface area contributed by atoms with E-state index in [9.17, 15) is 0 Å². The van der Waals surface area contributed by atoms with Crippen LogP contribution in [0.1, 0.15) is 6.42 Å². The van der Waals surface area contributed by atoms with E-state index in [1.54, 1.807) is 14.2 Å². The largest absolute Gasteiger partial charge is 0.497 e. The molecule has 0 bridgehead atoms. The van der Waals surface area contributed by atoms with Gasteiger partial charge in [-0.2, -0.15) is 0 Å². The minimum absolute atomic E-state index is 0.652. The van der Waals surface area contributed by atoms with Crippen LogP contribution in [0.25, 0.3) is 11.3 Å². The molecule has 0 unspecified atom stereocenters. The van der Waals surface area contributed by atoms with Crippen molar-refractivity contribution >= 4 is 11.8 Å². The Hall–Kier alpha value is -2.37. The van der Waals surface area contributed by atoms with Crippen molar-refractivity contribution in [3.05, 3.63) is 18.2 Å². The fourth-order valence-electron chi connectivity index (χ4n) is 2.46. The van der Waals surface area contributed by atoms with Gasteiger partial charge in [0.25, 0.3) is 0 Å². The Balaban J connectivity index is 2.15. The fourth-order valence-corrected chi connectivity index (χ4v) is 2.46. The summed E-state index contributed by atoms with van der Waals surface area (Å²) in [6, 6.07) is 5.61. The predicted octanol–water partition coefficient (Wildman–Crippen LogP) is 1.97. The highest BCUT2D eigenvalue weighted by Gasteiger charge is 2.21. The van der Waals surface area contributed by atoms with Crippen molar-refractivity contribution in [2.75, 3.05) is 31.8 Å². The molecule has 1 aromatic heterocycles. The molecule has 1 aliphatic rings. The Labute approximate surface area is 117 Å². The van der Waals surface area contributed by atoms with Gasteiger partial charge in [-0.05, 0) is 24.6 Å². The minimum Gasteiger partial charge on any atom is -0.497 e. The lowest BCUT2D eigenvalue weighted by Crippen LogP contribution is -2.18. The first-order chi connectivity index (χ1) is 9.74. The van der Waals surface area contributed by atoms with Gasteiger partial charge in [0.2, 0.25) is 5.95 Å². The summed E-state index contributed by atoms with van der Waals surface area (Å²) in [6.07, 6.45) is 1.04. The number of hydrogen-bond acceptors (Lipinski definition) is 5. The number of anilines is 2. The van der Waals surface area contributed by atoms with Crippen LogP contribution in [-0.4, -0.2) is 30.3 Å². The number of imidazole rings is 1. The average Bonchev–Trinajstić information content (AvgIpc) is 2.84. The van der Waals surface area contributed by atoms with Crippen LogP contribution in [0.3, 0.4) is 0 Å². The van der Waals surface area contributed by atoms with Crippen LogP contribution in [0.4, 0.5) is 11.8 Å². The van der Waals surface area contributed by atoms with Gasteiger partial charge >= 0.3 is 0 Å². The molecule has 0 spiro atoms. The molecular weight excluding hydrogens is 256 g/mol. The van der Waals surface area contributed by atoms with Crippen LogP contribution in [-0.2, 0) is 6.54 Å². The first-order valence-corrected chi connectivity index (χ1v) is 6.57. The van der Waals surface area contributed by atoms with Crippen LogP contribution < -0.4 is 20.5 Å². The number of hydrogen-bond donors (Lipinski definition) is 2. The molecule has 1 aromatic carbocycles. The Morgan fingerprint density at radius 1 is 1.30 bits per heavy atom. The molecule has 3 rings (SSSR count). The number of benzene rings is 1. The lowest BCUT2D eigenvalue weighted by atomic mass is 10.1. The van der Waals surface area contributed by atoms with Crippen LogP contribution in [0.15, 0.2) is 18.2 Å². The second-order valence-electron chi connectivity index (χ2n) is 4.67. The molecule has 0 fully saturated rings. The third-order valence-corrected chi connectivity index (χ3v) is 3.51. The van der Waals surface area contributed by atoms with Gasteiger partial charge in [-0.3, -0.25) is 4.57 Å². The summed E-state index contributed by atoms with van der Waals surface area (Å²) in [6.45, 7) is 1.80. The van der Waals surface area contributed by atoms with Crippen molar-refractivity contribution in [1.29, 1.82) is 0 Å². The molecule has 0 amide bonds. The van der Waals surface area contributed by atoms with E-state index >= 15 is 0 Å². The third-order valence-electron chi connectivity index (χ3n) is 3.51. The molecule has 106 valence electrons. The van der Waals surface area contributed by atoms with Gasteiger partial charge in [-0.25, -0.2) is 4.98 Å². The molecule has 0 saturated carbocycles. The highest BCUT2D eigenvalue weighted by Crippen LogP contribution is 2.37. The van der Waals surface area contributed by atoms with Crippen LogP contribution >= 0.6 is 0 Å². The third kappa shape index (κ3) is 1.93. The first-order valence-electron chi connectivity index (χ1n) is 6.57. The van der Waals surface area contributed by atoms with Crippen LogP contribution in [0.5, 0.6) is 11.5 Å². The van der Waals surface area contributed by atoms with Crippen LogP contribution in [0.2, 0.25) is 0 Å². The molecule has 0 radical (unpaired) electrons. The number of aromatic nitrogens is 2. The van der Waals surface area contributed by atoms with E-state index in [2.05, 4.69) is 10.3 Å². The second-order valence-corrected chi connectivity index (χ2v) is 4.67. The Kier molecular flexibility index (Phi) is 3.14. The number of rotatable bonds is 3. The van der Waals surface area contributed by atoms with Gasteiger partial charge in [-0.1, -0.05) is 0 Å². The van der Waals surface area contributed by atoms with Crippen molar-refractivity contribution in [3.8, 4) is 22.8 Å². The lowest BCUT2D eigenvalue weighted by molar-refractivity contribution is 0.404. The maximum Gasteiger partial charge on any atom is 0.205 e. The molecule has 3 N–H and O–H groups in total. The molecule has 0 aliphatic carbocycles. The molecule has 2 heterocycles. The standard InChI is InChI=1S/C14H18N4O2/c1-19-9-4-5-11(20-2)10(8-9)12-13(15)18-7-3-6-16-14(18)17-12/h4-5,8H,3,6-7,15H2,1-2H3,(H,16,17). The van der Waals surface area contributed by atoms with E-state index in [0.29, 0.717) is 5.82 Å². The van der Waals surface area contributed by atoms with E-state index in [1.807, 2.05) is 22.8 Å². The molecule has 2 aromatic rings. The summed E-state index contributed by atoms with van der Waals surface area (Å²) >= 11 is 0. The number of nitrogen functional groups attached to an aromatic ring is 1. The Morgan fingerprint density at radius 2 is 2.15 bits per heavy atom. The predicted molar refractivity (Wildman–Crippen MR) is 78.3 cm³/mol. The SMILES string of the molecule is COc1ccc(OC)c(-c2nc3n(c2N)CCCN3)c1. The highest BCUT2D eigenvalue weighted by molar-refractivity contribution is 5.79. The summed E-state index contributed by atoms with van der Waals surface area (Å²) in [4.78, 5) is 4.60. The minimum atomic E-state index is 0.652. The van der Waals surface area contributed by atoms with Crippen LogP contribution in [0, 0.1) is 0 Å². The van der Waals surface area contributed by atoms with Gasteiger partial charge in [0.05, 0.1) is 14.2 Å². The summed E-state index contributed by atoms with van der Waals surface area (Å²) < 4.78 is 12.7. The zero-order valence-corrected chi connectivity index (χ0v) is 11.6. The zero-order valence-electron chi connectivity index (χ0n) is 11.6. The first kappa shape index (κ1) is 12.7. The number of nitrogens with one attached hydrogen (secondary N) is 1. The summed E-state index contributed by atoms with van der Waals surface area (Å²) in [5.74, 6) is 2.94. The van der Waals surface area contributed by atoms with E-state index in [0.717, 1.165) is 48.2 Å². The van der Waals surface area contributed by atoms with E-state index < -0.39 is 0 Å². The average molecular weight is 274 g/mol. The van der Waals surface area contributed by atoms with Gasteiger partial charge in [0, 0.05) is 18.7 Å². The molecule has 20 heavy (non-hydrogen) atoms. The lowest BCUT2D eigenvalue weighted by Gasteiger charge is -2.16. The van der Waals surface area contributed by atoms with Crippen molar-refractivity contribution in [2.24, 2.45) is 0 Å². The quantitative estimate of drug-likeness (QED) is 0.895. The van der Waals surface area contributed by atoms with Crippen molar-refractivity contribution < 1.29 is 9.47 Å². The molecule has 6 nitrogen and oxygen atoms in total. The van der Waals surface area contributed by atoms with Crippen molar-refractivity contribution in [1.82, 2.24) is 9.55 Å². The Morgan fingerprint density at radius 3 is 2.85 bits per heavy atom. The van der Waals surface area contributed by atoms with E-state index in [4.69, 9.17) is 15.2 Å². The molecule has 0 atom stereocenters. The van der Waals surface area contributed by atoms with E-state index in [1.165, 1.54) is 0 Å². The highest BCUT2D eigenvalue weighted by atomic mass is 16.5. The normalized spacial score (nSPS) is 13.5. The van der Waals surface area contributed by atoms with Gasteiger partial charge in [-0.15, -0.1) is 0 Å². The van der Waals surface area contributed by atoms with Gasteiger partial charge in [0.15, 0.2) is 0 Å². The fraction of sp³-hybridized carbons (Fsp3) is 0.357. The number of fused-ring (bicyclic) bond motifs is 1. The summed E-state index contributed by atoms with van der Waals surface area (Å²) in [7, 11) is 3.27. The maximum atomic E-state index is 6.24. The Bertz CT molecular complexity index is 636. The number of ether oxygens (including phenoxy) is 2. The van der Waals surface area contributed by atoms with E-state index in [-0.39, 0.29) is 0 Å². The molecule has 0 saturated heterocycles. The summed E-state index contributed by atoms with van der Waals surface area (Å²) in [5, 5.41) is 3.26. The topological polar surface area (TPSA) is 74.3 Å². The number of nitrogens with zero attached hydrogens (tertiary/aromatic N) is 2. The van der Waals surface area contributed by atoms with Gasteiger partial charge < -0.3 is 20.5 Å². The molecular formula is C14H18N4O2. The van der Waals surface area contributed by atoms with Crippen molar-refractivity contribution in [2.45, 2.75) is 13.0 Å². The number of methoxy groups -OCH3 is 2.